The van der Waals surface area contributed by atoms with E-state index < -0.39 is 5.41 Å². The average molecular weight is 468 g/mol. The third kappa shape index (κ3) is 4.09. The van der Waals surface area contributed by atoms with E-state index in [2.05, 4.69) is 24.4 Å². The lowest BCUT2D eigenvalue weighted by molar-refractivity contribution is -0.120. The summed E-state index contributed by atoms with van der Waals surface area (Å²) in [6, 6.07) is 20.2. The van der Waals surface area contributed by atoms with Crippen molar-refractivity contribution < 1.29 is 19.1 Å². The Kier molecular flexibility index (Phi) is 5.36. The molecule has 2 aliphatic carbocycles. The lowest BCUT2D eigenvalue weighted by Gasteiger charge is -2.26. The first-order valence-electron chi connectivity index (χ1n) is 12.5. The molecule has 1 aliphatic heterocycles. The van der Waals surface area contributed by atoms with E-state index in [0.717, 1.165) is 65.0 Å². The van der Waals surface area contributed by atoms with Crippen LogP contribution in [0.4, 0.5) is 0 Å². The maximum atomic E-state index is 13.5. The molecule has 178 valence electrons. The van der Waals surface area contributed by atoms with E-state index in [-0.39, 0.29) is 18.5 Å². The predicted octanol–water partition coefficient (Wildman–Crippen LogP) is 5.52. The summed E-state index contributed by atoms with van der Waals surface area (Å²) in [5.41, 5.74) is 5.59. The van der Waals surface area contributed by atoms with Crippen LogP contribution in [0.2, 0.25) is 0 Å². The zero-order chi connectivity index (χ0) is 24.0. The van der Waals surface area contributed by atoms with Crippen molar-refractivity contribution in [2.24, 2.45) is 0 Å². The van der Waals surface area contributed by atoms with Crippen LogP contribution < -0.4 is 14.8 Å². The Balaban J connectivity index is 1.19. The molecule has 35 heavy (non-hydrogen) atoms. The molecule has 5 nitrogen and oxygen atoms in total. The van der Waals surface area contributed by atoms with E-state index in [1.165, 1.54) is 6.42 Å². The fourth-order valence-corrected chi connectivity index (χ4v) is 5.11. The molecule has 1 N–H and O–H groups in total. The molecule has 0 spiro atoms. The minimum atomic E-state index is -0.415. The minimum Gasteiger partial charge on any atom is -0.454 e. The number of rotatable bonds is 7. The number of carbonyl (C=O) groups excluding carboxylic acids is 2. The van der Waals surface area contributed by atoms with Crippen LogP contribution in [-0.4, -0.2) is 24.5 Å². The molecule has 0 radical (unpaired) electrons. The van der Waals surface area contributed by atoms with Crippen molar-refractivity contribution >= 4 is 11.7 Å². The van der Waals surface area contributed by atoms with E-state index in [1.54, 1.807) is 0 Å². The summed E-state index contributed by atoms with van der Waals surface area (Å²) < 4.78 is 11.0. The summed E-state index contributed by atoms with van der Waals surface area (Å²) in [4.78, 5) is 25.9. The van der Waals surface area contributed by atoms with Crippen LogP contribution in [0.3, 0.4) is 0 Å². The van der Waals surface area contributed by atoms with Crippen molar-refractivity contribution in [2.75, 3.05) is 6.79 Å². The summed E-state index contributed by atoms with van der Waals surface area (Å²) in [7, 11) is 0. The van der Waals surface area contributed by atoms with Crippen molar-refractivity contribution in [3.63, 3.8) is 0 Å². The number of fused-ring (bicyclic) bond motifs is 1. The van der Waals surface area contributed by atoms with Gasteiger partial charge in [0.15, 0.2) is 11.5 Å². The molecule has 0 atom stereocenters. The van der Waals surface area contributed by atoms with Gasteiger partial charge >= 0.3 is 0 Å². The molecule has 2 fully saturated rings. The number of ether oxygens (including phenoxy) is 2. The third-order valence-corrected chi connectivity index (χ3v) is 7.77. The molecule has 0 saturated heterocycles. The summed E-state index contributed by atoms with van der Waals surface area (Å²) in [5.74, 6) is 1.71. The molecule has 0 bridgehead atoms. The van der Waals surface area contributed by atoms with Gasteiger partial charge in [0.2, 0.25) is 6.79 Å². The molecular formula is C30H29NO4. The second-order valence-electron chi connectivity index (χ2n) is 10.1. The molecule has 5 heteroatoms. The maximum absolute atomic E-state index is 13.5. The van der Waals surface area contributed by atoms with Crippen LogP contribution in [0.15, 0.2) is 60.7 Å². The first-order valence-corrected chi connectivity index (χ1v) is 12.5. The Labute approximate surface area is 205 Å². The van der Waals surface area contributed by atoms with E-state index in [4.69, 9.17) is 9.47 Å². The van der Waals surface area contributed by atoms with Crippen LogP contribution >= 0.6 is 0 Å². The normalized spacial score (nSPS) is 17.5. The Morgan fingerprint density at radius 2 is 1.71 bits per heavy atom. The highest BCUT2D eigenvalue weighted by atomic mass is 16.7. The largest absolute Gasteiger partial charge is 0.454 e. The first-order chi connectivity index (χ1) is 17.0. The second kappa shape index (κ2) is 8.56. The zero-order valence-corrected chi connectivity index (χ0v) is 19.9. The number of hydrogen-bond acceptors (Lipinski definition) is 4. The minimum absolute atomic E-state index is 0.00410. The van der Waals surface area contributed by atoms with Gasteiger partial charge < -0.3 is 14.8 Å². The van der Waals surface area contributed by atoms with Gasteiger partial charge in [0, 0.05) is 18.0 Å². The molecule has 2 saturated carbocycles. The van der Waals surface area contributed by atoms with Crippen molar-refractivity contribution in [2.45, 2.75) is 56.9 Å². The highest BCUT2D eigenvalue weighted by Crippen LogP contribution is 2.51. The summed E-state index contributed by atoms with van der Waals surface area (Å²) in [5, 5.41) is 3.09. The highest BCUT2D eigenvalue weighted by Gasteiger charge is 2.50. The molecule has 0 aromatic heterocycles. The molecule has 1 amide bonds. The molecule has 3 aromatic carbocycles. The SMILES string of the molecule is Cc1ccc(CC(=O)C2(c3ccc4c(c3)OCO4)CC2)cc1-c1ccc(C(=O)NC2CCC2)cc1. The van der Waals surface area contributed by atoms with Gasteiger partial charge in [0.05, 0.1) is 5.41 Å². The number of hydrogen-bond donors (Lipinski definition) is 1. The second-order valence-corrected chi connectivity index (χ2v) is 10.1. The number of aryl methyl sites for hydroxylation is 1. The van der Waals surface area contributed by atoms with Crippen LogP contribution in [-0.2, 0) is 16.6 Å². The Hall–Kier alpha value is -3.60. The number of carbonyl (C=O) groups is 2. The predicted molar refractivity (Wildman–Crippen MR) is 134 cm³/mol. The standard InChI is InChI=1S/C30H29NO4/c1-19-5-6-20(15-25(19)21-7-9-22(10-8-21)29(33)31-24-3-2-4-24)16-28(32)30(13-14-30)23-11-12-26-27(17-23)35-18-34-26/h5-12,15,17,24H,2-4,13-14,16,18H2,1H3,(H,31,33). The lowest BCUT2D eigenvalue weighted by Crippen LogP contribution is -2.39. The van der Waals surface area contributed by atoms with Gasteiger partial charge in [0.25, 0.3) is 5.91 Å². The van der Waals surface area contributed by atoms with Crippen LogP contribution in [0.1, 0.15) is 59.2 Å². The number of benzene rings is 3. The maximum Gasteiger partial charge on any atom is 0.251 e. The van der Waals surface area contributed by atoms with Gasteiger partial charge in [-0.15, -0.1) is 0 Å². The van der Waals surface area contributed by atoms with Crippen molar-refractivity contribution in [1.82, 2.24) is 5.32 Å². The van der Waals surface area contributed by atoms with Gasteiger partial charge in [-0.1, -0.05) is 36.4 Å². The van der Waals surface area contributed by atoms with Gasteiger partial charge in [-0.05, 0) is 91.1 Å². The number of nitrogens with one attached hydrogen (secondary N) is 1. The topological polar surface area (TPSA) is 64.6 Å². The molecule has 3 aliphatic rings. The summed E-state index contributed by atoms with van der Waals surface area (Å²) in [6.07, 6.45) is 5.47. The van der Waals surface area contributed by atoms with Crippen molar-refractivity contribution in [3.05, 3.63) is 82.9 Å². The molecular weight excluding hydrogens is 438 g/mol. The average Bonchev–Trinajstić information content (AvgIpc) is 3.53. The number of Topliss-reactive ketones (excluding diaryl/α,β-unsaturated/α-hetero) is 1. The summed E-state index contributed by atoms with van der Waals surface area (Å²) >= 11 is 0. The van der Waals surface area contributed by atoms with Crippen LogP contribution in [0.25, 0.3) is 11.1 Å². The molecule has 6 rings (SSSR count). The zero-order valence-electron chi connectivity index (χ0n) is 19.9. The number of amides is 1. The Bertz CT molecular complexity index is 1300. The molecule has 3 aromatic rings. The smallest absolute Gasteiger partial charge is 0.251 e. The lowest BCUT2D eigenvalue weighted by atomic mass is 9.87. The van der Waals surface area contributed by atoms with E-state index in [0.29, 0.717) is 18.0 Å². The molecule has 0 unspecified atom stereocenters. The van der Waals surface area contributed by atoms with Gasteiger partial charge in [-0.25, -0.2) is 0 Å². The fourth-order valence-electron chi connectivity index (χ4n) is 5.11. The van der Waals surface area contributed by atoms with E-state index in [1.807, 2.05) is 48.5 Å². The van der Waals surface area contributed by atoms with Gasteiger partial charge in [0.1, 0.15) is 5.78 Å². The van der Waals surface area contributed by atoms with Crippen LogP contribution in [0.5, 0.6) is 11.5 Å². The van der Waals surface area contributed by atoms with Crippen LogP contribution in [0, 0.1) is 6.92 Å². The van der Waals surface area contributed by atoms with Gasteiger partial charge in [-0.3, -0.25) is 9.59 Å². The first kappa shape index (κ1) is 21.9. The monoisotopic (exact) mass is 467 g/mol. The third-order valence-electron chi connectivity index (χ3n) is 7.77. The van der Waals surface area contributed by atoms with Crippen molar-refractivity contribution in [1.29, 1.82) is 0 Å². The number of ketones is 1. The van der Waals surface area contributed by atoms with E-state index >= 15 is 0 Å². The van der Waals surface area contributed by atoms with Gasteiger partial charge in [-0.2, -0.15) is 0 Å². The van der Waals surface area contributed by atoms with E-state index in [9.17, 15) is 9.59 Å². The highest BCUT2D eigenvalue weighted by molar-refractivity contribution is 5.96. The quantitative estimate of drug-likeness (QED) is 0.497. The van der Waals surface area contributed by atoms with Crippen molar-refractivity contribution in [3.8, 4) is 22.6 Å². The molecule has 1 heterocycles. The summed E-state index contributed by atoms with van der Waals surface area (Å²) in [6.45, 7) is 2.31. The Morgan fingerprint density at radius 3 is 2.43 bits per heavy atom. The fraction of sp³-hybridized carbons (Fsp3) is 0.333. The Morgan fingerprint density at radius 1 is 0.943 bits per heavy atom.